The van der Waals surface area contributed by atoms with E-state index in [1.165, 1.54) is 6.08 Å². The quantitative estimate of drug-likeness (QED) is 0.477. The van der Waals surface area contributed by atoms with E-state index in [-0.39, 0.29) is 11.0 Å². The standard InChI is InChI=1S/C16H33FO2Si/c1-8-11-16(4,5)20(6,7)19-12-9-10-14(17)15(18)13(2)3/h10,13,15,18H,8-9,11-12H2,1-7H3/b14-10-. The molecule has 0 saturated heterocycles. The fourth-order valence-corrected chi connectivity index (χ4v) is 3.94. The molecule has 2 nitrogen and oxygen atoms in total. The molecule has 0 aliphatic carbocycles. The van der Waals surface area contributed by atoms with Gasteiger partial charge >= 0.3 is 0 Å². The van der Waals surface area contributed by atoms with E-state index in [1.807, 2.05) is 0 Å². The van der Waals surface area contributed by atoms with E-state index in [2.05, 4.69) is 33.9 Å². The third-order valence-corrected chi connectivity index (χ3v) is 8.77. The fraction of sp³-hybridized carbons (Fsp3) is 0.875. The van der Waals surface area contributed by atoms with Gasteiger partial charge in [-0.2, -0.15) is 0 Å². The Balaban J connectivity index is 4.33. The van der Waals surface area contributed by atoms with Crippen molar-refractivity contribution in [1.29, 1.82) is 0 Å². The lowest BCUT2D eigenvalue weighted by molar-refractivity contribution is 0.134. The summed E-state index contributed by atoms with van der Waals surface area (Å²) in [4.78, 5) is 0. The molecular formula is C16H33FO2Si. The van der Waals surface area contributed by atoms with Gasteiger partial charge in [0, 0.05) is 6.61 Å². The lowest BCUT2D eigenvalue weighted by atomic mass is 10.1. The van der Waals surface area contributed by atoms with Crippen LogP contribution in [0.1, 0.15) is 53.9 Å². The maximum Gasteiger partial charge on any atom is 0.192 e. The first kappa shape index (κ1) is 19.8. The number of aliphatic hydroxyl groups is 1. The number of hydrogen-bond acceptors (Lipinski definition) is 2. The molecular weight excluding hydrogens is 271 g/mol. The minimum absolute atomic E-state index is 0.0959. The SMILES string of the molecule is CCCC(C)(C)[Si](C)(C)OCC/C=C(\F)C(O)C(C)C. The molecule has 0 saturated carbocycles. The average Bonchev–Trinajstić information content (AvgIpc) is 2.32. The summed E-state index contributed by atoms with van der Waals surface area (Å²) < 4.78 is 19.7. The minimum atomic E-state index is -1.79. The molecule has 0 rings (SSSR count). The summed E-state index contributed by atoms with van der Waals surface area (Å²) in [5, 5.41) is 9.80. The van der Waals surface area contributed by atoms with Crippen molar-refractivity contribution in [3.8, 4) is 0 Å². The van der Waals surface area contributed by atoms with Crippen LogP contribution in [0.25, 0.3) is 0 Å². The molecule has 0 fully saturated rings. The molecule has 0 amide bonds. The summed E-state index contributed by atoms with van der Waals surface area (Å²) in [6.07, 6.45) is 3.30. The predicted octanol–water partition coefficient (Wildman–Crippen LogP) is 5.05. The van der Waals surface area contributed by atoms with E-state index in [0.29, 0.717) is 13.0 Å². The van der Waals surface area contributed by atoms with Gasteiger partial charge in [0.1, 0.15) is 11.9 Å². The second-order valence-corrected chi connectivity index (χ2v) is 11.7. The van der Waals surface area contributed by atoms with E-state index < -0.39 is 20.2 Å². The van der Waals surface area contributed by atoms with Crippen LogP contribution in [0.5, 0.6) is 0 Å². The second-order valence-electron chi connectivity index (χ2n) is 7.06. The fourth-order valence-electron chi connectivity index (χ4n) is 2.07. The molecule has 1 unspecified atom stereocenters. The Morgan fingerprint density at radius 3 is 2.35 bits per heavy atom. The van der Waals surface area contributed by atoms with Crippen LogP contribution in [-0.4, -0.2) is 26.1 Å². The molecule has 4 heteroatoms. The zero-order valence-electron chi connectivity index (χ0n) is 14.3. The Bertz CT molecular complexity index is 312. The van der Waals surface area contributed by atoms with Crippen molar-refractivity contribution in [1.82, 2.24) is 0 Å². The molecule has 1 atom stereocenters. The molecule has 120 valence electrons. The molecule has 0 spiro atoms. The predicted molar refractivity (Wildman–Crippen MR) is 87.0 cm³/mol. The molecule has 0 aromatic carbocycles. The lowest BCUT2D eigenvalue weighted by Crippen LogP contribution is -2.42. The normalized spacial score (nSPS) is 15.8. The van der Waals surface area contributed by atoms with E-state index in [4.69, 9.17) is 4.43 Å². The number of hydrogen-bond donors (Lipinski definition) is 1. The van der Waals surface area contributed by atoms with Gasteiger partial charge in [-0.25, -0.2) is 4.39 Å². The van der Waals surface area contributed by atoms with Crippen LogP contribution in [-0.2, 0) is 4.43 Å². The topological polar surface area (TPSA) is 29.5 Å². The Morgan fingerprint density at radius 2 is 1.90 bits per heavy atom. The molecule has 0 heterocycles. The number of halogens is 1. The van der Waals surface area contributed by atoms with Gasteiger partial charge in [-0.05, 0) is 43.0 Å². The molecule has 0 bridgehead atoms. The first-order chi connectivity index (χ1) is 9.05. The van der Waals surface area contributed by atoms with Crippen molar-refractivity contribution < 1.29 is 13.9 Å². The van der Waals surface area contributed by atoms with Crippen LogP contribution < -0.4 is 0 Å². The van der Waals surface area contributed by atoms with E-state index >= 15 is 0 Å². The van der Waals surface area contributed by atoms with Gasteiger partial charge in [-0.15, -0.1) is 0 Å². The molecule has 0 aromatic heterocycles. The largest absolute Gasteiger partial charge is 0.417 e. The molecule has 20 heavy (non-hydrogen) atoms. The second kappa shape index (κ2) is 8.30. The molecule has 0 radical (unpaired) electrons. The molecule has 0 aliphatic rings. The summed E-state index contributed by atoms with van der Waals surface area (Å²) in [6.45, 7) is 15.3. The van der Waals surface area contributed by atoms with E-state index in [9.17, 15) is 9.50 Å². The Kier molecular flexibility index (Phi) is 8.22. The summed E-state index contributed by atoms with van der Waals surface area (Å²) in [5.74, 6) is -0.530. The molecule has 0 aliphatic heterocycles. The first-order valence-corrected chi connectivity index (χ1v) is 10.6. The zero-order chi connectivity index (χ0) is 16.0. The third kappa shape index (κ3) is 6.06. The highest BCUT2D eigenvalue weighted by molar-refractivity contribution is 6.74. The number of rotatable bonds is 9. The smallest absolute Gasteiger partial charge is 0.192 e. The van der Waals surface area contributed by atoms with Gasteiger partial charge in [-0.3, -0.25) is 0 Å². The van der Waals surface area contributed by atoms with Crippen molar-refractivity contribution in [2.75, 3.05) is 6.61 Å². The lowest BCUT2D eigenvalue weighted by Gasteiger charge is -2.39. The summed E-state index contributed by atoms with van der Waals surface area (Å²) in [6, 6.07) is 0. The van der Waals surface area contributed by atoms with E-state index in [0.717, 1.165) is 12.8 Å². The van der Waals surface area contributed by atoms with Crippen molar-refractivity contribution >= 4 is 8.32 Å². The van der Waals surface area contributed by atoms with Gasteiger partial charge in [0.25, 0.3) is 0 Å². The van der Waals surface area contributed by atoms with Crippen LogP contribution in [0.4, 0.5) is 4.39 Å². The summed E-state index contributed by atoms with van der Waals surface area (Å²) in [7, 11) is -1.79. The van der Waals surface area contributed by atoms with Crippen LogP contribution in [0.2, 0.25) is 18.1 Å². The van der Waals surface area contributed by atoms with Crippen LogP contribution >= 0.6 is 0 Å². The van der Waals surface area contributed by atoms with Gasteiger partial charge in [0.2, 0.25) is 0 Å². The summed E-state index contributed by atoms with van der Waals surface area (Å²) >= 11 is 0. The highest BCUT2D eigenvalue weighted by atomic mass is 28.4. The highest BCUT2D eigenvalue weighted by Crippen LogP contribution is 2.42. The molecule has 0 aromatic rings. The monoisotopic (exact) mass is 304 g/mol. The highest BCUT2D eigenvalue weighted by Gasteiger charge is 2.39. The Morgan fingerprint density at radius 1 is 1.35 bits per heavy atom. The Labute approximate surface area is 125 Å². The average molecular weight is 305 g/mol. The summed E-state index contributed by atoms with van der Waals surface area (Å²) in [5.41, 5.74) is 0. The molecule has 1 N–H and O–H groups in total. The van der Waals surface area contributed by atoms with Crippen LogP contribution in [0.3, 0.4) is 0 Å². The maximum absolute atomic E-state index is 13.6. The van der Waals surface area contributed by atoms with Gasteiger partial charge < -0.3 is 9.53 Å². The number of aliphatic hydroxyl groups excluding tert-OH is 1. The van der Waals surface area contributed by atoms with Crippen molar-refractivity contribution in [2.24, 2.45) is 5.92 Å². The maximum atomic E-state index is 13.6. The van der Waals surface area contributed by atoms with Gasteiger partial charge in [0.05, 0.1) is 0 Å². The van der Waals surface area contributed by atoms with Gasteiger partial charge in [-0.1, -0.05) is 41.0 Å². The Hall–Kier alpha value is -0.193. The van der Waals surface area contributed by atoms with Crippen molar-refractivity contribution in [2.45, 2.75) is 78.1 Å². The van der Waals surface area contributed by atoms with Crippen LogP contribution in [0, 0.1) is 5.92 Å². The van der Waals surface area contributed by atoms with E-state index in [1.54, 1.807) is 13.8 Å². The van der Waals surface area contributed by atoms with Crippen molar-refractivity contribution in [3.63, 3.8) is 0 Å². The first-order valence-electron chi connectivity index (χ1n) is 7.72. The zero-order valence-corrected chi connectivity index (χ0v) is 15.3. The van der Waals surface area contributed by atoms with Crippen molar-refractivity contribution in [3.05, 3.63) is 11.9 Å². The van der Waals surface area contributed by atoms with Gasteiger partial charge in [0.15, 0.2) is 8.32 Å². The minimum Gasteiger partial charge on any atom is -0.417 e. The van der Waals surface area contributed by atoms with Crippen LogP contribution in [0.15, 0.2) is 11.9 Å². The third-order valence-electron chi connectivity index (χ3n) is 4.34.